The topological polar surface area (TPSA) is 64.6 Å². The fourth-order valence-electron chi connectivity index (χ4n) is 3.90. The predicted molar refractivity (Wildman–Crippen MR) is 99.1 cm³/mol. The first kappa shape index (κ1) is 18.7. The van der Waals surface area contributed by atoms with Gasteiger partial charge in [-0.2, -0.15) is 0 Å². The van der Waals surface area contributed by atoms with E-state index in [1.807, 2.05) is 12.1 Å². The highest BCUT2D eigenvalue weighted by Crippen LogP contribution is 2.26. The summed E-state index contributed by atoms with van der Waals surface area (Å²) in [7, 11) is 0. The van der Waals surface area contributed by atoms with E-state index in [4.69, 9.17) is 9.47 Å². The Bertz CT molecular complexity index is 657. The molecule has 1 amide bonds. The molecule has 1 aromatic rings. The molecule has 3 rings (SSSR count). The summed E-state index contributed by atoms with van der Waals surface area (Å²) in [4.78, 5) is 24.3. The van der Waals surface area contributed by atoms with Crippen molar-refractivity contribution in [1.82, 2.24) is 5.32 Å². The van der Waals surface area contributed by atoms with Crippen LogP contribution in [-0.4, -0.2) is 30.6 Å². The van der Waals surface area contributed by atoms with E-state index >= 15 is 0 Å². The van der Waals surface area contributed by atoms with Crippen LogP contribution in [0.15, 0.2) is 18.2 Å². The van der Waals surface area contributed by atoms with E-state index in [1.165, 1.54) is 24.0 Å². The molecule has 0 bridgehead atoms. The third-order valence-electron chi connectivity index (χ3n) is 5.54. The van der Waals surface area contributed by atoms with E-state index in [0.29, 0.717) is 11.7 Å². The molecular weight excluding hydrogens is 330 g/mol. The Labute approximate surface area is 155 Å². The first-order valence-electron chi connectivity index (χ1n) is 9.77. The quantitative estimate of drug-likeness (QED) is 0.793. The van der Waals surface area contributed by atoms with Gasteiger partial charge < -0.3 is 14.8 Å². The van der Waals surface area contributed by atoms with Crippen molar-refractivity contribution >= 4 is 11.9 Å². The number of fused-ring (bicyclic) bond motifs is 1. The van der Waals surface area contributed by atoms with Crippen molar-refractivity contribution < 1.29 is 19.1 Å². The summed E-state index contributed by atoms with van der Waals surface area (Å²) in [6.45, 7) is 3.58. The standard InChI is InChI=1S/C21H29NO4/c1-14-6-3-4-9-19(14)22-21(24)15(2)26-20(23)13-25-18-11-10-16-7-5-8-17(16)12-18/h10-12,14-15,19H,3-9,13H2,1-2H3,(H,22,24)/t14-,15-,19+/m1/s1. The molecule has 0 heterocycles. The van der Waals surface area contributed by atoms with Crippen molar-refractivity contribution in [2.45, 2.75) is 70.9 Å². The molecule has 26 heavy (non-hydrogen) atoms. The van der Waals surface area contributed by atoms with E-state index in [9.17, 15) is 9.59 Å². The van der Waals surface area contributed by atoms with Gasteiger partial charge in [0.2, 0.25) is 0 Å². The van der Waals surface area contributed by atoms with Crippen LogP contribution in [0.2, 0.25) is 0 Å². The summed E-state index contributed by atoms with van der Waals surface area (Å²) in [5, 5.41) is 3.02. The SMILES string of the molecule is C[C@@H]1CCCC[C@@H]1NC(=O)[C@@H](C)OC(=O)COc1ccc2c(c1)CCC2. The Morgan fingerprint density at radius 3 is 2.73 bits per heavy atom. The zero-order valence-electron chi connectivity index (χ0n) is 15.8. The second-order valence-electron chi connectivity index (χ2n) is 7.58. The van der Waals surface area contributed by atoms with Crippen LogP contribution in [0.5, 0.6) is 5.75 Å². The van der Waals surface area contributed by atoms with Gasteiger partial charge in [-0.1, -0.05) is 25.8 Å². The van der Waals surface area contributed by atoms with Crippen LogP contribution in [0.3, 0.4) is 0 Å². The molecule has 142 valence electrons. The second kappa shape index (κ2) is 8.56. The maximum atomic E-state index is 12.3. The number of hydrogen-bond acceptors (Lipinski definition) is 4. The number of nitrogens with one attached hydrogen (secondary N) is 1. The van der Waals surface area contributed by atoms with Gasteiger partial charge in [0.15, 0.2) is 12.7 Å². The lowest BCUT2D eigenvalue weighted by molar-refractivity contribution is -0.157. The van der Waals surface area contributed by atoms with Gasteiger partial charge in [-0.15, -0.1) is 0 Å². The van der Waals surface area contributed by atoms with Crippen molar-refractivity contribution in [2.24, 2.45) is 5.92 Å². The average molecular weight is 359 g/mol. The molecule has 0 unspecified atom stereocenters. The molecule has 1 fully saturated rings. The zero-order valence-corrected chi connectivity index (χ0v) is 15.8. The van der Waals surface area contributed by atoms with Crippen molar-refractivity contribution in [1.29, 1.82) is 0 Å². The molecule has 0 saturated heterocycles. The fourth-order valence-corrected chi connectivity index (χ4v) is 3.90. The van der Waals surface area contributed by atoms with Gasteiger partial charge in [0.25, 0.3) is 5.91 Å². The van der Waals surface area contributed by atoms with Crippen molar-refractivity contribution in [3.05, 3.63) is 29.3 Å². The van der Waals surface area contributed by atoms with Crippen molar-refractivity contribution in [3.8, 4) is 5.75 Å². The third-order valence-corrected chi connectivity index (χ3v) is 5.54. The minimum absolute atomic E-state index is 0.181. The number of aryl methyl sites for hydroxylation is 2. The first-order valence-corrected chi connectivity index (χ1v) is 9.77. The molecule has 1 N–H and O–H groups in total. The van der Waals surface area contributed by atoms with E-state index in [2.05, 4.69) is 18.3 Å². The van der Waals surface area contributed by atoms with Crippen LogP contribution in [0.4, 0.5) is 0 Å². The van der Waals surface area contributed by atoms with Gasteiger partial charge in [-0.25, -0.2) is 4.79 Å². The summed E-state index contributed by atoms with van der Waals surface area (Å²) >= 11 is 0. The largest absolute Gasteiger partial charge is 0.482 e. The predicted octanol–water partition coefficient (Wildman–Crippen LogP) is 3.18. The Hall–Kier alpha value is -2.04. The van der Waals surface area contributed by atoms with Crippen LogP contribution in [-0.2, 0) is 27.2 Å². The minimum atomic E-state index is -0.805. The van der Waals surface area contributed by atoms with Crippen LogP contribution in [0, 0.1) is 5.92 Å². The van der Waals surface area contributed by atoms with Crippen molar-refractivity contribution in [2.75, 3.05) is 6.61 Å². The van der Waals surface area contributed by atoms with Crippen LogP contribution in [0.25, 0.3) is 0 Å². The van der Waals surface area contributed by atoms with Gasteiger partial charge in [-0.3, -0.25) is 4.79 Å². The van der Waals surface area contributed by atoms with E-state index in [1.54, 1.807) is 6.92 Å². The Morgan fingerprint density at radius 2 is 1.92 bits per heavy atom. The summed E-state index contributed by atoms with van der Waals surface area (Å²) in [6.07, 6.45) is 7.03. The number of ether oxygens (including phenoxy) is 2. The summed E-state index contributed by atoms with van der Waals surface area (Å²) < 4.78 is 10.8. The lowest BCUT2D eigenvalue weighted by Gasteiger charge is -2.30. The Morgan fingerprint density at radius 1 is 1.15 bits per heavy atom. The molecule has 0 radical (unpaired) electrons. The van der Waals surface area contributed by atoms with E-state index < -0.39 is 12.1 Å². The highest BCUT2D eigenvalue weighted by molar-refractivity contribution is 5.83. The summed E-state index contributed by atoms with van der Waals surface area (Å²) in [5.41, 5.74) is 2.66. The maximum Gasteiger partial charge on any atom is 0.344 e. The number of hydrogen-bond donors (Lipinski definition) is 1. The maximum absolute atomic E-state index is 12.3. The Kier molecular flexibility index (Phi) is 6.17. The molecule has 2 aliphatic rings. The molecule has 2 aliphatic carbocycles. The number of carbonyl (C=O) groups excluding carboxylic acids is 2. The Balaban J connectivity index is 1.42. The van der Waals surface area contributed by atoms with Gasteiger partial charge in [-0.05, 0) is 68.2 Å². The van der Waals surface area contributed by atoms with E-state index in [0.717, 1.165) is 32.1 Å². The molecule has 1 saturated carbocycles. The molecule has 0 aromatic heterocycles. The fraction of sp³-hybridized carbons (Fsp3) is 0.619. The number of esters is 1. The molecule has 0 spiro atoms. The van der Waals surface area contributed by atoms with Gasteiger partial charge in [0.1, 0.15) is 5.75 Å². The lowest BCUT2D eigenvalue weighted by atomic mass is 9.86. The highest BCUT2D eigenvalue weighted by Gasteiger charge is 2.26. The number of rotatable bonds is 6. The molecule has 5 heteroatoms. The van der Waals surface area contributed by atoms with Crippen LogP contribution >= 0.6 is 0 Å². The molecular formula is C21H29NO4. The van der Waals surface area contributed by atoms with Crippen LogP contribution < -0.4 is 10.1 Å². The zero-order chi connectivity index (χ0) is 18.5. The van der Waals surface area contributed by atoms with Gasteiger partial charge in [0.05, 0.1) is 0 Å². The molecule has 0 aliphatic heterocycles. The molecule has 3 atom stereocenters. The smallest absolute Gasteiger partial charge is 0.344 e. The average Bonchev–Trinajstić information content (AvgIpc) is 3.09. The summed E-state index contributed by atoms with van der Waals surface area (Å²) in [5.74, 6) is 0.397. The molecule has 5 nitrogen and oxygen atoms in total. The highest BCUT2D eigenvalue weighted by atomic mass is 16.6. The number of benzene rings is 1. The summed E-state index contributed by atoms with van der Waals surface area (Å²) in [6, 6.07) is 6.12. The number of carbonyl (C=O) groups is 2. The van der Waals surface area contributed by atoms with Gasteiger partial charge >= 0.3 is 5.97 Å². The second-order valence-corrected chi connectivity index (χ2v) is 7.58. The molecule has 1 aromatic carbocycles. The van der Waals surface area contributed by atoms with Crippen LogP contribution in [0.1, 0.15) is 57.1 Å². The first-order chi connectivity index (χ1) is 12.5. The normalized spacial score (nSPS) is 23.0. The van der Waals surface area contributed by atoms with Crippen molar-refractivity contribution in [3.63, 3.8) is 0 Å². The lowest BCUT2D eigenvalue weighted by Crippen LogP contribution is -2.46. The van der Waals surface area contributed by atoms with E-state index in [-0.39, 0.29) is 18.6 Å². The monoisotopic (exact) mass is 359 g/mol. The number of amides is 1. The van der Waals surface area contributed by atoms with Gasteiger partial charge in [0, 0.05) is 6.04 Å². The minimum Gasteiger partial charge on any atom is -0.482 e. The third kappa shape index (κ3) is 4.77.